The summed E-state index contributed by atoms with van der Waals surface area (Å²) in [5, 5.41) is 0. The van der Waals surface area contributed by atoms with Gasteiger partial charge in [-0.25, -0.2) is 0 Å². The van der Waals surface area contributed by atoms with Crippen LogP contribution in [0.4, 0.5) is 0 Å². The van der Waals surface area contributed by atoms with Crippen molar-refractivity contribution >= 4 is 5.78 Å². The van der Waals surface area contributed by atoms with E-state index in [9.17, 15) is 4.79 Å². The van der Waals surface area contributed by atoms with Crippen LogP contribution in [0.25, 0.3) is 0 Å². The molecule has 4 nitrogen and oxygen atoms in total. The lowest BCUT2D eigenvalue weighted by molar-refractivity contribution is -0.123. The van der Waals surface area contributed by atoms with Crippen LogP contribution in [-0.2, 0) is 14.3 Å². The first-order valence-electron chi connectivity index (χ1n) is 6.32. The van der Waals surface area contributed by atoms with E-state index < -0.39 is 0 Å². The lowest BCUT2D eigenvalue weighted by atomic mass is 9.97. The van der Waals surface area contributed by atoms with Crippen molar-refractivity contribution in [2.75, 3.05) is 20.8 Å². The molecule has 2 rings (SSSR count). The summed E-state index contributed by atoms with van der Waals surface area (Å²) in [5.74, 6) is 0.150. The molecule has 19 heavy (non-hydrogen) atoms. The minimum atomic E-state index is -0.302. The van der Waals surface area contributed by atoms with Gasteiger partial charge in [0, 0.05) is 26.8 Å². The minimum Gasteiger partial charge on any atom is -0.365 e. The van der Waals surface area contributed by atoms with Crippen molar-refractivity contribution in [3.63, 3.8) is 0 Å². The average Bonchev–Trinajstić information content (AvgIpc) is 2.47. The first kappa shape index (κ1) is 13.8. The highest BCUT2D eigenvalue weighted by Gasteiger charge is 2.25. The first-order chi connectivity index (χ1) is 9.24. The Morgan fingerprint density at radius 3 is 2.58 bits per heavy atom. The number of methoxy groups -OCH3 is 2. The highest BCUT2D eigenvalue weighted by molar-refractivity contribution is 5.90. The molecule has 1 aromatic carbocycles. The summed E-state index contributed by atoms with van der Waals surface area (Å²) in [6.07, 6.45) is 3.63. The van der Waals surface area contributed by atoms with Gasteiger partial charge in [-0.1, -0.05) is 30.3 Å². The maximum Gasteiger partial charge on any atom is 0.174 e. The van der Waals surface area contributed by atoms with Crippen molar-refractivity contribution in [1.29, 1.82) is 0 Å². The Morgan fingerprint density at radius 2 is 1.95 bits per heavy atom. The Balaban J connectivity index is 2.18. The number of hydrogen-bond acceptors (Lipinski definition) is 4. The van der Waals surface area contributed by atoms with E-state index >= 15 is 0 Å². The summed E-state index contributed by atoms with van der Waals surface area (Å²) >= 11 is 0. The summed E-state index contributed by atoms with van der Waals surface area (Å²) in [5.41, 5.74) is 1.13. The molecule has 1 aliphatic rings. The van der Waals surface area contributed by atoms with Crippen LogP contribution in [0.2, 0.25) is 0 Å². The molecule has 0 fully saturated rings. The van der Waals surface area contributed by atoms with E-state index in [4.69, 9.17) is 9.47 Å². The van der Waals surface area contributed by atoms with Crippen LogP contribution < -0.4 is 0 Å². The van der Waals surface area contributed by atoms with Gasteiger partial charge < -0.3 is 14.4 Å². The van der Waals surface area contributed by atoms with Crippen LogP contribution in [0.5, 0.6) is 0 Å². The van der Waals surface area contributed by atoms with Gasteiger partial charge in [0.25, 0.3) is 0 Å². The number of allylic oxidation sites excluding steroid dienone is 1. The smallest absolute Gasteiger partial charge is 0.174 e. The van der Waals surface area contributed by atoms with Gasteiger partial charge in [-0.05, 0) is 11.6 Å². The second-order valence-corrected chi connectivity index (χ2v) is 4.51. The van der Waals surface area contributed by atoms with E-state index in [-0.39, 0.29) is 18.1 Å². The highest BCUT2D eigenvalue weighted by Crippen LogP contribution is 2.28. The van der Waals surface area contributed by atoms with Crippen molar-refractivity contribution in [1.82, 2.24) is 4.90 Å². The zero-order valence-corrected chi connectivity index (χ0v) is 11.3. The van der Waals surface area contributed by atoms with E-state index in [2.05, 4.69) is 4.90 Å². The van der Waals surface area contributed by atoms with Crippen LogP contribution in [0.3, 0.4) is 0 Å². The third kappa shape index (κ3) is 3.43. The van der Waals surface area contributed by atoms with Gasteiger partial charge in [-0.2, -0.15) is 0 Å². The number of rotatable bonds is 5. The lowest BCUT2D eigenvalue weighted by Gasteiger charge is -2.34. The first-order valence-corrected chi connectivity index (χ1v) is 6.32. The number of ether oxygens (including phenoxy) is 2. The van der Waals surface area contributed by atoms with Gasteiger partial charge >= 0.3 is 0 Å². The monoisotopic (exact) mass is 261 g/mol. The topological polar surface area (TPSA) is 38.8 Å². The van der Waals surface area contributed by atoms with Crippen molar-refractivity contribution in [3.8, 4) is 0 Å². The molecule has 0 saturated carbocycles. The zero-order chi connectivity index (χ0) is 13.7. The van der Waals surface area contributed by atoms with Gasteiger partial charge in [-0.3, -0.25) is 4.79 Å². The maximum atomic E-state index is 11.6. The predicted molar refractivity (Wildman–Crippen MR) is 72.5 cm³/mol. The number of benzene rings is 1. The Kier molecular flexibility index (Phi) is 4.71. The third-order valence-corrected chi connectivity index (χ3v) is 3.32. The maximum absolute atomic E-state index is 11.6. The van der Waals surface area contributed by atoms with Crippen LogP contribution in [0.15, 0.2) is 42.6 Å². The fourth-order valence-electron chi connectivity index (χ4n) is 2.25. The number of carbonyl (C=O) groups is 1. The molecule has 0 aromatic heterocycles. The standard InChI is InChI=1S/C15H19NO3/c1-18-15(19-2)11-16-9-8-13(17)10-14(16)12-6-4-3-5-7-12/h3-9,14-15H,10-11H2,1-2H3. The molecule has 1 aliphatic heterocycles. The molecule has 1 unspecified atom stereocenters. The van der Waals surface area contributed by atoms with Crippen molar-refractivity contribution < 1.29 is 14.3 Å². The molecule has 0 amide bonds. The fourth-order valence-corrected chi connectivity index (χ4v) is 2.25. The van der Waals surface area contributed by atoms with Gasteiger partial charge in [-0.15, -0.1) is 0 Å². The molecule has 1 aromatic rings. The second-order valence-electron chi connectivity index (χ2n) is 4.51. The quantitative estimate of drug-likeness (QED) is 0.761. The Bertz CT molecular complexity index is 440. The SMILES string of the molecule is COC(CN1C=CC(=O)CC1c1ccccc1)OC. The van der Waals surface area contributed by atoms with E-state index in [1.54, 1.807) is 20.3 Å². The summed E-state index contributed by atoms with van der Waals surface area (Å²) in [6.45, 7) is 0.594. The highest BCUT2D eigenvalue weighted by atomic mass is 16.7. The molecule has 0 bridgehead atoms. The number of carbonyl (C=O) groups excluding carboxylic acids is 1. The molecule has 0 N–H and O–H groups in total. The van der Waals surface area contributed by atoms with Crippen LogP contribution in [0, 0.1) is 0 Å². The zero-order valence-electron chi connectivity index (χ0n) is 11.3. The third-order valence-electron chi connectivity index (χ3n) is 3.32. The molecule has 0 saturated heterocycles. The number of ketones is 1. The molecular formula is C15H19NO3. The molecular weight excluding hydrogens is 242 g/mol. The summed E-state index contributed by atoms with van der Waals surface area (Å²) < 4.78 is 10.5. The number of hydrogen-bond donors (Lipinski definition) is 0. The van der Waals surface area contributed by atoms with E-state index in [0.29, 0.717) is 13.0 Å². The Morgan fingerprint density at radius 1 is 1.26 bits per heavy atom. The number of nitrogens with zero attached hydrogens (tertiary/aromatic N) is 1. The second kappa shape index (κ2) is 6.50. The molecule has 102 valence electrons. The van der Waals surface area contributed by atoms with Gasteiger partial charge in [0.2, 0.25) is 0 Å². The minimum absolute atomic E-state index is 0.0477. The normalized spacial score (nSPS) is 19.2. The van der Waals surface area contributed by atoms with Crippen LogP contribution >= 0.6 is 0 Å². The molecule has 1 atom stereocenters. The molecule has 0 radical (unpaired) electrons. The van der Waals surface area contributed by atoms with E-state index in [0.717, 1.165) is 5.56 Å². The van der Waals surface area contributed by atoms with E-state index in [1.165, 1.54) is 0 Å². The Labute approximate surface area is 113 Å². The largest absolute Gasteiger partial charge is 0.365 e. The van der Waals surface area contributed by atoms with Crippen LogP contribution in [-0.4, -0.2) is 37.7 Å². The molecule has 1 heterocycles. The molecule has 0 aliphatic carbocycles. The molecule has 4 heteroatoms. The van der Waals surface area contributed by atoms with E-state index in [1.807, 2.05) is 36.5 Å². The van der Waals surface area contributed by atoms with Gasteiger partial charge in [0.15, 0.2) is 12.1 Å². The summed E-state index contributed by atoms with van der Waals surface area (Å²) in [7, 11) is 3.23. The van der Waals surface area contributed by atoms with Gasteiger partial charge in [0.05, 0.1) is 12.6 Å². The summed E-state index contributed by atoms with van der Waals surface area (Å²) in [6, 6.07) is 10.1. The van der Waals surface area contributed by atoms with Gasteiger partial charge in [0.1, 0.15) is 0 Å². The van der Waals surface area contributed by atoms with Crippen molar-refractivity contribution in [2.45, 2.75) is 18.8 Å². The molecule has 0 spiro atoms. The van der Waals surface area contributed by atoms with Crippen molar-refractivity contribution in [2.24, 2.45) is 0 Å². The fraction of sp³-hybridized carbons (Fsp3) is 0.400. The lowest BCUT2D eigenvalue weighted by Crippen LogP contribution is -2.36. The Hall–Kier alpha value is -1.65. The summed E-state index contributed by atoms with van der Waals surface area (Å²) in [4.78, 5) is 13.7. The van der Waals surface area contributed by atoms with Crippen LogP contribution in [0.1, 0.15) is 18.0 Å². The van der Waals surface area contributed by atoms with Crippen molar-refractivity contribution in [3.05, 3.63) is 48.2 Å². The average molecular weight is 261 g/mol. The predicted octanol–water partition coefficient (Wildman–Crippen LogP) is 2.14.